The first kappa shape index (κ1) is 38.3. The van der Waals surface area contributed by atoms with Crippen molar-refractivity contribution in [3.8, 4) is 84.4 Å². The third kappa shape index (κ3) is 5.64. The molecule has 0 N–H and O–H groups in total. The summed E-state index contributed by atoms with van der Waals surface area (Å²) in [6.07, 6.45) is 0. The first-order valence-electron chi connectivity index (χ1n) is 23.3. The molecule has 1 spiro atoms. The van der Waals surface area contributed by atoms with Crippen LogP contribution in [-0.4, -0.2) is 19.5 Å². The zero-order chi connectivity index (χ0) is 44.8. The summed E-state index contributed by atoms with van der Waals surface area (Å²) in [5.41, 5.74) is 20.5. The average molecular weight is 865 g/mol. The van der Waals surface area contributed by atoms with Crippen molar-refractivity contribution in [2.75, 3.05) is 0 Å². The number of hydrogen-bond donors (Lipinski definition) is 0. The number of nitrogens with zero attached hydrogens (tertiary/aromatic N) is 4. The Balaban J connectivity index is 1.01. The third-order valence-corrected chi connectivity index (χ3v) is 14.2. The quantitative estimate of drug-likeness (QED) is 0.167. The van der Waals surface area contributed by atoms with Crippen molar-refractivity contribution in [3.05, 3.63) is 265 Å². The fourth-order valence-electron chi connectivity index (χ4n) is 11.4. The Kier molecular flexibility index (Phi) is 8.46. The smallest absolute Gasteiger partial charge is 0.164 e. The molecule has 0 saturated heterocycles. The standard InChI is InChI=1S/C64H40N4/c1-5-19-41(20-6-1)46-38-52(42-21-7-2-8-22-42)60-54(39-46)53-37-44(34-36-59(53)68(60)47-25-11-4-12-26-47)62-65-61(43-23-9-3-10-24-43)66-63(67-62)45-33-35-51-50-29-15-18-32-57(50)64(58(51)40-45)55-30-16-13-27-48(55)49-28-14-17-31-56(49)64/h1-40H. The fourth-order valence-corrected chi connectivity index (χ4v) is 11.4. The van der Waals surface area contributed by atoms with Crippen molar-refractivity contribution in [1.82, 2.24) is 19.5 Å². The molecule has 68 heavy (non-hydrogen) atoms. The molecule has 0 radical (unpaired) electrons. The molecule has 0 bridgehead atoms. The molecule has 0 saturated carbocycles. The van der Waals surface area contributed by atoms with Gasteiger partial charge in [0.05, 0.1) is 16.4 Å². The van der Waals surface area contributed by atoms with Crippen LogP contribution in [0, 0.1) is 0 Å². The number of para-hydroxylation sites is 1. The van der Waals surface area contributed by atoms with Crippen LogP contribution >= 0.6 is 0 Å². The predicted molar refractivity (Wildman–Crippen MR) is 278 cm³/mol. The van der Waals surface area contributed by atoms with Gasteiger partial charge in [-0.05, 0) is 110 Å². The summed E-state index contributed by atoms with van der Waals surface area (Å²) >= 11 is 0. The molecule has 0 fully saturated rings. The Bertz CT molecular complexity index is 3890. The van der Waals surface area contributed by atoms with Crippen LogP contribution < -0.4 is 0 Å². The lowest BCUT2D eigenvalue weighted by molar-refractivity contribution is 0.794. The van der Waals surface area contributed by atoms with E-state index in [1.54, 1.807) is 0 Å². The fraction of sp³-hybridized carbons (Fsp3) is 0.0156. The monoisotopic (exact) mass is 864 g/mol. The van der Waals surface area contributed by atoms with E-state index >= 15 is 0 Å². The van der Waals surface area contributed by atoms with Gasteiger partial charge in [0, 0.05) is 38.7 Å². The maximum absolute atomic E-state index is 5.43. The molecule has 2 aromatic heterocycles. The summed E-state index contributed by atoms with van der Waals surface area (Å²) in [6, 6.07) is 87.5. The van der Waals surface area contributed by atoms with E-state index in [0.29, 0.717) is 17.5 Å². The van der Waals surface area contributed by atoms with Gasteiger partial charge in [-0.15, -0.1) is 0 Å². The maximum atomic E-state index is 5.43. The second-order valence-corrected chi connectivity index (χ2v) is 17.9. The van der Waals surface area contributed by atoms with Gasteiger partial charge in [-0.1, -0.05) is 194 Å². The van der Waals surface area contributed by atoms with Crippen molar-refractivity contribution in [1.29, 1.82) is 0 Å². The number of benzene rings is 10. The average Bonchev–Trinajstić information content (AvgIpc) is 4.03. The topological polar surface area (TPSA) is 43.6 Å². The Labute approximate surface area is 394 Å². The van der Waals surface area contributed by atoms with Crippen LogP contribution in [0.4, 0.5) is 0 Å². The maximum Gasteiger partial charge on any atom is 0.164 e. The van der Waals surface area contributed by atoms with E-state index in [4.69, 9.17) is 15.0 Å². The molecule has 2 heterocycles. The van der Waals surface area contributed by atoms with Crippen LogP contribution in [0.1, 0.15) is 22.3 Å². The van der Waals surface area contributed by atoms with Gasteiger partial charge in [0.2, 0.25) is 0 Å². The van der Waals surface area contributed by atoms with E-state index in [1.165, 1.54) is 55.6 Å². The van der Waals surface area contributed by atoms with E-state index in [0.717, 1.165) is 55.3 Å². The van der Waals surface area contributed by atoms with Crippen molar-refractivity contribution in [3.63, 3.8) is 0 Å². The SMILES string of the molecule is c1ccc(-c2cc(-c3ccccc3)c3c(c2)c2cc(-c4nc(-c5ccccc5)nc(-c5ccc6c(c5)C5(c7ccccc7-c7ccccc75)c5ccccc5-6)n4)ccc2n3-c2ccccc2)cc1. The second kappa shape index (κ2) is 15.0. The highest BCUT2D eigenvalue weighted by molar-refractivity contribution is 6.16. The zero-order valence-electron chi connectivity index (χ0n) is 36.9. The van der Waals surface area contributed by atoms with Crippen LogP contribution in [0.2, 0.25) is 0 Å². The van der Waals surface area contributed by atoms with Crippen LogP contribution in [0.25, 0.3) is 106 Å². The van der Waals surface area contributed by atoms with E-state index < -0.39 is 5.41 Å². The molecule has 12 aromatic rings. The summed E-state index contributed by atoms with van der Waals surface area (Å²) in [5.74, 6) is 1.88. The van der Waals surface area contributed by atoms with E-state index in [2.05, 4.69) is 229 Å². The van der Waals surface area contributed by atoms with Crippen LogP contribution in [0.15, 0.2) is 243 Å². The molecule has 4 nitrogen and oxygen atoms in total. The highest BCUT2D eigenvalue weighted by Gasteiger charge is 2.51. The summed E-state index contributed by atoms with van der Waals surface area (Å²) in [7, 11) is 0. The van der Waals surface area contributed by atoms with Gasteiger partial charge >= 0.3 is 0 Å². The van der Waals surface area contributed by atoms with Gasteiger partial charge in [0.25, 0.3) is 0 Å². The molecular weight excluding hydrogens is 825 g/mol. The second-order valence-electron chi connectivity index (χ2n) is 17.9. The van der Waals surface area contributed by atoms with Crippen molar-refractivity contribution >= 4 is 21.8 Å². The lowest BCUT2D eigenvalue weighted by Crippen LogP contribution is -2.25. The first-order chi connectivity index (χ1) is 33.7. The third-order valence-electron chi connectivity index (χ3n) is 14.2. The van der Waals surface area contributed by atoms with E-state index in [1.807, 2.05) is 18.2 Å². The molecule has 14 rings (SSSR count). The molecule has 4 heteroatoms. The summed E-state index contributed by atoms with van der Waals surface area (Å²) in [6.45, 7) is 0. The number of aromatic nitrogens is 4. The minimum Gasteiger partial charge on any atom is -0.309 e. The predicted octanol–water partition coefficient (Wildman–Crippen LogP) is 15.6. The molecule has 10 aromatic carbocycles. The largest absolute Gasteiger partial charge is 0.309 e. The van der Waals surface area contributed by atoms with Gasteiger partial charge in [-0.2, -0.15) is 0 Å². The molecule has 0 unspecified atom stereocenters. The molecular formula is C64H40N4. The molecule has 0 amide bonds. The Morgan fingerprint density at radius 2 is 0.721 bits per heavy atom. The van der Waals surface area contributed by atoms with Gasteiger partial charge < -0.3 is 4.57 Å². The molecule has 0 atom stereocenters. The Morgan fingerprint density at radius 3 is 1.31 bits per heavy atom. The normalized spacial score (nSPS) is 12.8. The van der Waals surface area contributed by atoms with Crippen molar-refractivity contribution in [2.24, 2.45) is 0 Å². The molecule has 2 aliphatic carbocycles. The van der Waals surface area contributed by atoms with E-state index in [9.17, 15) is 0 Å². The lowest BCUT2D eigenvalue weighted by atomic mass is 9.70. The van der Waals surface area contributed by atoms with E-state index in [-0.39, 0.29) is 0 Å². The van der Waals surface area contributed by atoms with Gasteiger partial charge in [-0.25, -0.2) is 15.0 Å². The molecule has 0 aliphatic heterocycles. The summed E-state index contributed by atoms with van der Waals surface area (Å²) < 4.78 is 2.41. The van der Waals surface area contributed by atoms with Crippen molar-refractivity contribution in [2.45, 2.75) is 5.41 Å². The highest BCUT2D eigenvalue weighted by Crippen LogP contribution is 2.63. The summed E-state index contributed by atoms with van der Waals surface area (Å²) in [5, 5.41) is 2.28. The Hall–Kier alpha value is -8.99. The Morgan fingerprint density at radius 1 is 0.279 bits per heavy atom. The number of hydrogen-bond acceptors (Lipinski definition) is 3. The highest BCUT2D eigenvalue weighted by atomic mass is 15.0. The first-order valence-corrected chi connectivity index (χ1v) is 23.3. The summed E-state index contributed by atoms with van der Waals surface area (Å²) in [4.78, 5) is 16.0. The molecule has 2 aliphatic rings. The molecule has 316 valence electrons. The van der Waals surface area contributed by atoms with Gasteiger partial charge in [-0.3, -0.25) is 0 Å². The minimum atomic E-state index is -0.484. The van der Waals surface area contributed by atoms with Crippen molar-refractivity contribution < 1.29 is 0 Å². The lowest BCUT2D eigenvalue weighted by Gasteiger charge is -2.30. The zero-order valence-corrected chi connectivity index (χ0v) is 36.9. The van der Waals surface area contributed by atoms with Crippen LogP contribution in [0.5, 0.6) is 0 Å². The van der Waals surface area contributed by atoms with Gasteiger partial charge in [0.1, 0.15) is 0 Å². The van der Waals surface area contributed by atoms with Gasteiger partial charge in [0.15, 0.2) is 17.5 Å². The van der Waals surface area contributed by atoms with Crippen LogP contribution in [-0.2, 0) is 5.41 Å². The van der Waals surface area contributed by atoms with Crippen LogP contribution in [0.3, 0.4) is 0 Å². The number of fused-ring (bicyclic) bond motifs is 13. The number of rotatable bonds is 6. The minimum absolute atomic E-state index is 0.484.